The highest BCUT2D eigenvalue weighted by Crippen LogP contribution is 2.55. The van der Waals surface area contributed by atoms with Crippen molar-refractivity contribution in [3.63, 3.8) is 0 Å². The lowest BCUT2D eigenvalue weighted by atomic mass is 9.63. The van der Waals surface area contributed by atoms with Gasteiger partial charge in [-0.25, -0.2) is 0 Å². The van der Waals surface area contributed by atoms with Gasteiger partial charge >= 0.3 is 0 Å². The number of fused-ring (bicyclic) bond motifs is 1. The highest BCUT2D eigenvalue weighted by atomic mass is 16.3. The smallest absolute Gasteiger partial charge is 0.0981 e. The summed E-state index contributed by atoms with van der Waals surface area (Å²) in [6, 6.07) is 4.46. The fourth-order valence-electron chi connectivity index (χ4n) is 4.23. The largest absolute Gasteiger partial charge is 0.471 e. The molecule has 2 unspecified atom stereocenters. The Labute approximate surface area is 141 Å². The summed E-state index contributed by atoms with van der Waals surface area (Å²) in [7, 11) is 1.94. The number of rotatable bonds is 4. The van der Waals surface area contributed by atoms with Crippen LogP contribution in [0.1, 0.15) is 29.9 Å². The maximum absolute atomic E-state index is 7.96. The fourth-order valence-corrected chi connectivity index (χ4v) is 4.23. The molecule has 0 saturated heterocycles. The van der Waals surface area contributed by atoms with Gasteiger partial charge in [-0.05, 0) is 35.8 Å². The van der Waals surface area contributed by atoms with Crippen molar-refractivity contribution in [3.8, 4) is 0 Å². The first-order valence-electron chi connectivity index (χ1n) is 8.13. The molecule has 1 aromatic carbocycles. The molecule has 0 spiro atoms. The third-order valence-corrected chi connectivity index (χ3v) is 5.25. The average molecular weight is 316 g/mol. The molecule has 0 fully saturated rings. The van der Waals surface area contributed by atoms with E-state index in [-0.39, 0.29) is 11.8 Å². The third kappa shape index (κ3) is 1.81. The van der Waals surface area contributed by atoms with Crippen LogP contribution >= 0.6 is 0 Å². The Hall–Kier alpha value is -2.81. The van der Waals surface area contributed by atoms with Gasteiger partial charge in [0.1, 0.15) is 0 Å². The minimum atomic E-state index is 0.119. The molecule has 3 nitrogen and oxygen atoms in total. The molecular weight excluding hydrogens is 296 g/mol. The van der Waals surface area contributed by atoms with Crippen LogP contribution in [0.4, 0.5) is 0 Å². The SMILES string of the molecule is C=C/C=C\C1=C(C)C2C(C=N)=C(NC)C1c1cc3cocc3cc12. The summed E-state index contributed by atoms with van der Waals surface area (Å²) in [6.45, 7) is 5.97. The van der Waals surface area contributed by atoms with E-state index in [1.807, 2.05) is 19.2 Å². The zero-order valence-electron chi connectivity index (χ0n) is 13.9. The van der Waals surface area contributed by atoms with Crippen LogP contribution in [0.15, 0.2) is 76.3 Å². The Bertz CT molecular complexity index is 955. The molecule has 1 heterocycles. The molecule has 2 aromatic rings. The van der Waals surface area contributed by atoms with Gasteiger partial charge in [-0.2, -0.15) is 0 Å². The predicted molar refractivity (Wildman–Crippen MR) is 98.6 cm³/mol. The van der Waals surface area contributed by atoms with Gasteiger partial charge in [0.2, 0.25) is 0 Å². The van der Waals surface area contributed by atoms with E-state index in [1.54, 1.807) is 12.5 Å². The number of benzene rings is 1. The van der Waals surface area contributed by atoms with Gasteiger partial charge < -0.3 is 15.1 Å². The van der Waals surface area contributed by atoms with E-state index in [1.165, 1.54) is 28.5 Å². The van der Waals surface area contributed by atoms with Crippen molar-refractivity contribution in [2.45, 2.75) is 18.8 Å². The number of hydrogen-bond acceptors (Lipinski definition) is 3. The molecule has 24 heavy (non-hydrogen) atoms. The highest BCUT2D eigenvalue weighted by molar-refractivity contribution is 5.90. The molecule has 0 saturated carbocycles. The zero-order chi connectivity index (χ0) is 16.8. The van der Waals surface area contributed by atoms with Gasteiger partial charge in [-0.3, -0.25) is 0 Å². The van der Waals surface area contributed by atoms with E-state index in [0.717, 1.165) is 22.0 Å². The molecule has 3 aliphatic rings. The van der Waals surface area contributed by atoms with Crippen molar-refractivity contribution >= 4 is 17.0 Å². The quantitative estimate of drug-likeness (QED) is 0.628. The molecule has 2 atom stereocenters. The van der Waals surface area contributed by atoms with Gasteiger partial charge in [0.25, 0.3) is 0 Å². The lowest BCUT2D eigenvalue weighted by molar-refractivity contribution is 0.572. The number of hydrogen-bond donors (Lipinski definition) is 2. The summed E-state index contributed by atoms with van der Waals surface area (Å²) in [5.74, 6) is 0.246. The van der Waals surface area contributed by atoms with Crippen molar-refractivity contribution in [2.75, 3.05) is 7.05 Å². The average Bonchev–Trinajstić information content (AvgIpc) is 3.05. The molecule has 2 bridgehead atoms. The summed E-state index contributed by atoms with van der Waals surface area (Å²) in [4.78, 5) is 0. The standard InChI is InChI=1S/C21H20N2O/c1-4-5-6-15-12(2)19-16-7-13-10-24-11-14(13)8-17(16)20(15)21(23-3)18(19)9-22/h4-11,19-20,22-23H,1H2,2-3H3/b6-5-,22-9?. The number of nitrogens with one attached hydrogen (secondary N) is 2. The second-order valence-electron chi connectivity index (χ2n) is 6.34. The van der Waals surface area contributed by atoms with E-state index in [9.17, 15) is 0 Å². The van der Waals surface area contributed by atoms with E-state index in [4.69, 9.17) is 9.83 Å². The van der Waals surface area contributed by atoms with Gasteiger partial charge in [0, 0.05) is 47.1 Å². The van der Waals surface area contributed by atoms with Gasteiger partial charge in [-0.1, -0.05) is 30.4 Å². The van der Waals surface area contributed by atoms with Crippen LogP contribution in [0.3, 0.4) is 0 Å². The monoisotopic (exact) mass is 316 g/mol. The second-order valence-corrected chi connectivity index (χ2v) is 6.34. The van der Waals surface area contributed by atoms with Crippen molar-refractivity contribution in [3.05, 3.63) is 83.0 Å². The Morgan fingerprint density at radius 1 is 1.12 bits per heavy atom. The zero-order valence-corrected chi connectivity index (χ0v) is 13.9. The lowest BCUT2D eigenvalue weighted by Crippen LogP contribution is -2.33. The summed E-state index contributed by atoms with van der Waals surface area (Å²) in [5.41, 5.74) is 7.39. The highest BCUT2D eigenvalue weighted by Gasteiger charge is 2.41. The maximum atomic E-state index is 7.96. The number of allylic oxidation sites excluding steroid dienone is 6. The van der Waals surface area contributed by atoms with Crippen LogP contribution in [-0.4, -0.2) is 13.3 Å². The van der Waals surface area contributed by atoms with E-state index in [0.29, 0.717) is 0 Å². The van der Waals surface area contributed by atoms with E-state index in [2.05, 4.69) is 37.0 Å². The Balaban J connectivity index is 2.03. The van der Waals surface area contributed by atoms with Crippen LogP contribution in [0.5, 0.6) is 0 Å². The van der Waals surface area contributed by atoms with Crippen LogP contribution in [0, 0.1) is 5.41 Å². The van der Waals surface area contributed by atoms with Gasteiger partial charge in [-0.15, -0.1) is 0 Å². The fraction of sp³-hybridized carbons (Fsp3) is 0.190. The van der Waals surface area contributed by atoms with E-state index < -0.39 is 0 Å². The minimum Gasteiger partial charge on any atom is -0.471 e. The Morgan fingerprint density at radius 2 is 1.79 bits per heavy atom. The Morgan fingerprint density at radius 3 is 2.38 bits per heavy atom. The van der Waals surface area contributed by atoms with Gasteiger partial charge in [0.15, 0.2) is 0 Å². The number of likely N-dealkylation sites (N-methyl/N-ethyl adjacent to an activating group) is 1. The van der Waals surface area contributed by atoms with Crippen LogP contribution < -0.4 is 5.32 Å². The van der Waals surface area contributed by atoms with Crippen LogP contribution in [0.25, 0.3) is 10.8 Å². The van der Waals surface area contributed by atoms with Crippen molar-refractivity contribution in [1.29, 1.82) is 5.41 Å². The first-order valence-corrected chi connectivity index (χ1v) is 8.13. The summed E-state index contributed by atoms with van der Waals surface area (Å²) >= 11 is 0. The minimum absolute atomic E-state index is 0.119. The molecule has 3 heteroatoms. The molecule has 0 radical (unpaired) electrons. The first kappa shape index (κ1) is 14.8. The molecule has 0 aliphatic heterocycles. The molecule has 1 aromatic heterocycles. The van der Waals surface area contributed by atoms with Crippen molar-refractivity contribution in [2.24, 2.45) is 0 Å². The molecule has 5 rings (SSSR count). The molecular formula is C21H20N2O. The maximum Gasteiger partial charge on any atom is 0.0981 e. The second kappa shape index (κ2) is 5.38. The van der Waals surface area contributed by atoms with Crippen molar-refractivity contribution in [1.82, 2.24) is 5.32 Å². The molecule has 120 valence electrons. The molecule has 2 N–H and O–H groups in total. The summed E-state index contributed by atoms with van der Waals surface area (Å²) in [6.07, 6.45) is 11.1. The van der Waals surface area contributed by atoms with Crippen LogP contribution in [0.2, 0.25) is 0 Å². The van der Waals surface area contributed by atoms with Gasteiger partial charge in [0.05, 0.1) is 12.5 Å². The molecule has 3 aliphatic carbocycles. The Kier molecular flexibility index (Phi) is 3.31. The van der Waals surface area contributed by atoms with E-state index >= 15 is 0 Å². The topological polar surface area (TPSA) is 49.0 Å². The number of furan rings is 1. The van der Waals surface area contributed by atoms with Crippen molar-refractivity contribution < 1.29 is 4.42 Å². The lowest BCUT2D eigenvalue weighted by Gasteiger charge is -2.42. The third-order valence-electron chi connectivity index (χ3n) is 5.25. The first-order chi connectivity index (χ1) is 11.7. The van der Waals surface area contributed by atoms with Crippen LogP contribution in [-0.2, 0) is 0 Å². The molecule has 0 amide bonds. The summed E-state index contributed by atoms with van der Waals surface area (Å²) in [5, 5.41) is 13.6. The normalized spacial score (nSPS) is 22.4. The predicted octanol–water partition coefficient (Wildman–Crippen LogP) is 4.81. The summed E-state index contributed by atoms with van der Waals surface area (Å²) < 4.78 is 5.39.